The monoisotopic (exact) mass is 390 g/mol. The molecule has 2 heterocycles. The van der Waals surface area contributed by atoms with Gasteiger partial charge in [0, 0.05) is 18.1 Å². The van der Waals surface area contributed by atoms with Gasteiger partial charge in [0.2, 0.25) is 0 Å². The van der Waals surface area contributed by atoms with Gasteiger partial charge in [0.05, 0.1) is 18.3 Å². The average Bonchev–Trinajstić information content (AvgIpc) is 2.88. The van der Waals surface area contributed by atoms with Crippen LogP contribution in [0.2, 0.25) is 0 Å². The van der Waals surface area contributed by atoms with Crippen LogP contribution >= 0.6 is 15.9 Å². The number of hydrogen-bond acceptors (Lipinski definition) is 3. The highest BCUT2D eigenvalue weighted by molar-refractivity contribution is 9.10. The highest BCUT2D eigenvalue weighted by Gasteiger charge is 2.31. The number of halogens is 1. The van der Waals surface area contributed by atoms with Crippen molar-refractivity contribution >= 4 is 28.1 Å². The number of ether oxygens (including phenoxy) is 1. The van der Waals surface area contributed by atoms with Crippen LogP contribution in [0.1, 0.15) is 39.6 Å². The van der Waals surface area contributed by atoms with Crippen LogP contribution in [-0.4, -0.2) is 40.9 Å². The van der Waals surface area contributed by atoms with Crippen LogP contribution in [-0.2, 0) is 11.8 Å². The summed E-state index contributed by atoms with van der Waals surface area (Å²) in [5, 5.41) is 0. The maximum atomic E-state index is 12.9. The Labute approximate surface area is 149 Å². The minimum Gasteiger partial charge on any atom is -0.367 e. The van der Waals surface area contributed by atoms with Crippen LogP contribution in [0.5, 0.6) is 0 Å². The van der Waals surface area contributed by atoms with Crippen molar-refractivity contribution in [1.82, 2.24) is 9.47 Å². The van der Waals surface area contributed by atoms with Gasteiger partial charge in [0.25, 0.3) is 5.91 Å². The molecule has 1 aromatic heterocycles. The fourth-order valence-corrected chi connectivity index (χ4v) is 3.63. The van der Waals surface area contributed by atoms with E-state index in [0.717, 1.165) is 11.8 Å². The Hall–Kier alpha value is -1.92. The number of morpholine rings is 1. The highest BCUT2D eigenvalue weighted by atomic mass is 79.9. The van der Waals surface area contributed by atoms with Gasteiger partial charge in [-0.2, -0.15) is 0 Å². The molecular weight excluding hydrogens is 372 g/mol. The largest absolute Gasteiger partial charge is 0.367 e. The molecular formula is C18H19BrN2O3. The molecule has 1 amide bonds. The molecule has 0 aliphatic carbocycles. The number of aldehydes is 1. The van der Waals surface area contributed by atoms with Gasteiger partial charge < -0.3 is 14.2 Å². The molecule has 1 aliphatic rings. The molecule has 0 saturated carbocycles. The lowest BCUT2D eigenvalue weighted by Gasteiger charge is -2.37. The van der Waals surface area contributed by atoms with Gasteiger partial charge in [0.1, 0.15) is 11.8 Å². The van der Waals surface area contributed by atoms with E-state index in [2.05, 4.69) is 15.9 Å². The van der Waals surface area contributed by atoms with Gasteiger partial charge in [-0.05, 0) is 34.5 Å². The molecule has 1 fully saturated rings. The van der Waals surface area contributed by atoms with E-state index < -0.39 is 0 Å². The summed E-state index contributed by atoms with van der Waals surface area (Å²) in [4.78, 5) is 25.9. The van der Waals surface area contributed by atoms with Crippen molar-refractivity contribution in [3.63, 3.8) is 0 Å². The molecule has 0 N–H and O–H groups in total. The lowest BCUT2D eigenvalue weighted by molar-refractivity contribution is -0.0693. The van der Waals surface area contributed by atoms with Gasteiger partial charge >= 0.3 is 0 Å². The number of carbonyl (C=O) groups excluding carboxylic acids is 2. The Morgan fingerprint density at radius 1 is 1.29 bits per heavy atom. The number of benzene rings is 1. The van der Waals surface area contributed by atoms with Crippen molar-refractivity contribution in [2.75, 3.05) is 13.1 Å². The summed E-state index contributed by atoms with van der Waals surface area (Å²) < 4.78 is 8.25. The Kier molecular flexibility index (Phi) is 4.87. The normalized spacial score (nSPS) is 20.9. The van der Waals surface area contributed by atoms with Crippen molar-refractivity contribution in [3.05, 3.63) is 57.8 Å². The maximum Gasteiger partial charge on any atom is 0.270 e. The van der Waals surface area contributed by atoms with Gasteiger partial charge in [0.15, 0.2) is 6.29 Å². The first-order valence-corrected chi connectivity index (χ1v) is 8.60. The molecule has 2 atom stereocenters. The summed E-state index contributed by atoms with van der Waals surface area (Å²) in [6, 6.07) is 11.6. The van der Waals surface area contributed by atoms with E-state index in [1.54, 1.807) is 22.6 Å². The second kappa shape index (κ2) is 6.91. The Morgan fingerprint density at radius 2 is 2.00 bits per heavy atom. The second-order valence-electron chi connectivity index (χ2n) is 6.00. The van der Waals surface area contributed by atoms with Crippen molar-refractivity contribution < 1.29 is 14.3 Å². The zero-order chi connectivity index (χ0) is 17.3. The maximum absolute atomic E-state index is 12.9. The average molecular weight is 391 g/mol. The van der Waals surface area contributed by atoms with Crippen LogP contribution in [0, 0.1) is 0 Å². The van der Waals surface area contributed by atoms with Gasteiger partial charge in [-0.3, -0.25) is 9.59 Å². The predicted molar refractivity (Wildman–Crippen MR) is 94.1 cm³/mol. The smallest absolute Gasteiger partial charge is 0.270 e. The number of aromatic nitrogens is 1. The Morgan fingerprint density at radius 3 is 2.62 bits per heavy atom. The topological polar surface area (TPSA) is 51.5 Å². The third-order valence-electron chi connectivity index (χ3n) is 4.28. The van der Waals surface area contributed by atoms with Crippen molar-refractivity contribution in [2.24, 2.45) is 7.05 Å². The van der Waals surface area contributed by atoms with E-state index in [9.17, 15) is 9.59 Å². The lowest BCUT2D eigenvalue weighted by atomic mass is 10.1. The lowest BCUT2D eigenvalue weighted by Crippen LogP contribution is -2.46. The summed E-state index contributed by atoms with van der Waals surface area (Å²) in [5.74, 6) is -0.0950. The quantitative estimate of drug-likeness (QED) is 0.756. The first kappa shape index (κ1) is 16.9. The highest BCUT2D eigenvalue weighted by Crippen LogP contribution is 2.27. The molecule has 24 heavy (non-hydrogen) atoms. The number of nitrogens with zero attached hydrogens (tertiary/aromatic N) is 2. The SMILES string of the molecule is C[C@H]1CN(C(=O)c2cc(Br)c(C=O)n2C)C[C@@H](c2ccccc2)O1. The van der Waals surface area contributed by atoms with Gasteiger partial charge in [-0.1, -0.05) is 30.3 Å². The standard InChI is InChI=1S/C18H19BrN2O3/c1-12-9-21(10-17(24-12)13-6-4-3-5-7-13)18(23)15-8-14(19)16(11-22)20(15)2/h3-8,11-12,17H,9-10H2,1-2H3/t12-,17-/m0/s1. The number of rotatable bonds is 3. The van der Waals surface area contributed by atoms with Crippen LogP contribution < -0.4 is 0 Å². The fraction of sp³-hybridized carbons (Fsp3) is 0.333. The van der Waals surface area contributed by atoms with E-state index in [0.29, 0.717) is 29.0 Å². The minimum absolute atomic E-state index is 0.0536. The van der Waals surface area contributed by atoms with Crippen LogP contribution in [0.25, 0.3) is 0 Å². The summed E-state index contributed by atoms with van der Waals surface area (Å²) in [5.41, 5.74) is 2.01. The van der Waals surface area contributed by atoms with E-state index in [1.165, 1.54) is 0 Å². The summed E-state index contributed by atoms with van der Waals surface area (Å²) >= 11 is 3.33. The molecule has 3 rings (SSSR count). The molecule has 2 aromatic rings. The number of amides is 1. The predicted octanol–water partition coefficient (Wildman–Crippen LogP) is 3.20. The van der Waals surface area contributed by atoms with Crippen molar-refractivity contribution in [2.45, 2.75) is 19.1 Å². The van der Waals surface area contributed by atoms with E-state index in [4.69, 9.17) is 4.74 Å². The number of hydrogen-bond donors (Lipinski definition) is 0. The van der Waals surface area contributed by atoms with E-state index >= 15 is 0 Å². The van der Waals surface area contributed by atoms with E-state index in [1.807, 2.05) is 37.3 Å². The summed E-state index contributed by atoms with van der Waals surface area (Å²) in [6.45, 7) is 2.99. The molecule has 0 spiro atoms. The first-order valence-electron chi connectivity index (χ1n) is 7.81. The van der Waals surface area contributed by atoms with Gasteiger partial charge in [-0.25, -0.2) is 0 Å². The number of carbonyl (C=O) groups is 2. The molecule has 0 bridgehead atoms. The molecule has 5 nitrogen and oxygen atoms in total. The van der Waals surface area contributed by atoms with Gasteiger partial charge in [-0.15, -0.1) is 0 Å². The molecule has 126 valence electrons. The first-order chi connectivity index (χ1) is 11.5. The summed E-state index contributed by atoms with van der Waals surface area (Å²) in [6.07, 6.45) is 0.547. The molecule has 6 heteroatoms. The second-order valence-corrected chi connectivity index (χ2v) is 6.85. The fourth-order valence-electron chi connectivity index (χ4n) is 3.05. The van der Waals surface area contributed by atoms with Crippen LogP contribution in [0.4, 0.5) is 0 Å². The molecule has 1 aromatic carbocycles. The zero-order valence-electron chi connectivity index (χ0n) is 13.6. The van der Waals surface area contributed by atoms with Crippen LogP contribution in [0.3, 0.4) is 0 Å². The third kappa shape index (κ3) is 3.16. The molecule has 0 radical (unpaired) electrons. The summed E-state index contributed by atoms with van der Waals surface area (Å²) in [7, 11) is 1.72. The Bertz CT molecular complexity index is 757. The van der Waals surface area contributed by atoms with Crippen molar-refractivity contribution in [3.8, 4) is 0 Å². The molecule has 1 saturated heterocycles. The minimum atomic E-state index is -0.145. The molecule has 0 unspecified atom stereocenters. The van der Waals surface area contributed by atoms with Crippen LogP contribution in [0.15, 0.2) is 40.9 Å². The van der Waals surface area contributed by atoms with E-state index in [-0.39, 0.29) is 18.1 Å². The molecule has 1 aliphatic heterocycles. The van der Waals surface area contributed by atoms with Crippen molar-refractivity contribution in [1.29, 1.82) is 0 Å². The Balaban J connectivity index is 1.86. The zero-order valence-corrected chi connectivity index (χ0v) is 15.2. The third-order valence-corrected chi connectivity index (χ3v) is 4.92.